The van der Waals surface area contributed by atoms with Gasteiger partial charge in [0.1, 0.15) is 12.1 Å². The van der Waals surface area contributed by atoms with Gasteiger partial charge in [-0.25, -0.2) is 0 Å². The van der Waals surface area contributed by atoms with Crippen molar-refractivity contribution in [3.63, 3.8) is 0 Å². The molecule has 5 nitrogen and oxygen atoms in total. The van der Waals surface area contributed by atoms with E-state index in [4.69, 9.17) is 4.99 Å². The molecule has 0 N–H and O–H groups in total. The highest BCUT2D eigenvalue weighted by Gasteiger charge is 2.46. The Morgan fingerprint density at radius 2 is 2.07 bits per heavy atom. The van der Waals surface area contributed by atoms with E-state index in [0.29, 0.717) is 6.04 Å². The van der Waals surface area contributed by atoms with Crippen molar-refractivity contribution >= 4 is 16.9 Å². The minimum atomic E-state index is 0.00775. The molecular formula is C21H21N5S. The normalized spacial score (nSPS) is 24.1. The Labute approximate surface area is 163 Å². The second kappa shape index (κ2) is 6.85. The van der Waals surface area contributed by atoms with Crippen LogP contribution in [-0.4, -0.2) is 36.4 Å². The molecule has 0 bridgehead atoms. The summed E-state index contributed by atoms with van der Waals surface area (Å²) in [6.07, 6.45) is 8.81. The Morgan fingerprint density at radius 3 is 2.85 bits per heavy atom. The van der Waals surface area contributed by atoms with E-state index < -0.39 is 0 Å². The predicted octanol–water partition coefficient (Wildman–Crippen LogP) is 4.25. The molecule has 136 valence electrons. The Morgan fingerprint density at radius 1 is 1.11 bits per heavy atom. The maximum absolute atomic E-state index is 5.10. The number of aromatic nitrogens is 3. The third-order valence-electron chi connectivity index (χ3n) is 5.34. The van der Waals surface area contributed by atoms with Crippen LogP contribution in [0.1, 0.15) is 36.8 Å². The van der Waals surface area contributed by atoms with E-state index in [1.165, 1.54) is 5.69 Å². The van der Waals surface area contributed by atoms with Crippen LogP contribution in [0.15, 0.2) is 72.2 Å². The summed E-state index contributed by atoms with van der Waals surface area (Å²) in [7, 11) is 0. The lowest BCUT2D eigenvalue weighted by atomic mass is 9.99. The number of fused-ring (bicyclic) bond motifs is 1. The first-order chi connectivity index (χ1) is 13.4. The molecule has 3 aromatic rings. The van der Waals surface area contributed by atoms with E-state index >= 15 is 0 Å². The number of hydrogen-bond acceptors (Lipinski definition) is 5. The van der Waals surface area contributed by atoms with Crippen molar-refractivity contribution < 1.29 is 0 Å². The number of nitrogens with zero attached hydrogens (tertiary/aromatic N) is 5. The quantitative estimate of drug-likeness (QED) is 0.684. The molecule has 5 rings (SSSR count). The highest BCUT2D eigenvalue weighted by atomic mass is 32.2. The summed E-state index contributed by atoms with van der Waals surface area (Å²) in [5.41, 5.74) is 3.34. The Balaban J connectivity index is 1.63. The number of hydrogen-bond donors (Lipinski definition) is 0. The maximum atomic E-state index is 5.10. The lowest BCUT2D eigenvalue weighted by molar-refractivity contribution is 0.249. The van der Waals surface area contributed by atoms with Crippen LogP contribution in [0.4, 0.5) is 0 Å². The van der Waals surface area contributed by atoms with E-state index in [9.17, 15) is 0 Å². The number of amidine groups is 1. The van der Waals surface area contributed by atoms with Crippen molar-refractivity contribution in [2.45, 2.75) is 31.5 Å². The number of aliphatic imine (C=N–C) groups is 1. The summed E-state index contributed by atoms with van der Waals surface area (Å²) in [4.78, 5) is 16.6. The van der Waals surface area contributed by atoms with Gasteiger partial charge in [0.05, 0.1) is 17.6 Å². The molecule has 5 heterocycles. The predicted molar refractivity (Wildman–Crippen MR) is 109 cm³/mol. The molecule has 3 unspecified atom stereocenters. The molecule has 27 heavy (non-hydrogen) atoms. The van der Waals surface area contributed by atoms with Gasteiger partial charge in [0.25, 0.3) is 0 Å². The van der Waals surface area contributed by atoms with Crippen molar-refractivity contribution in [2.24, 2.45) is 4.99 Å². The van der Waals surface area contributed by atoms with E-state index in [-0.39, 0.29) is 12.1 Å². The monoisotopic (exact) mass is 375 g/mol. The van der Waals surface area contributed by atoms with Crippen LogP contribution in [0, 0.1) is 0 Å². The molecule has 0 aliphatic carbocycles. The van der Waals surface area contributed by atoms with Crippen LogP contribution in [0.3, 0.4) is 0 Å². The van der Waals surface area contributed by atoms with E-state index in [1.54, 1.807) is 0 Å². The molecule has 0 spiro atoms. The smallest absolute Gasteiger partial charge is 0.160 e. The first-order valence-corrected chi connectivity index (χ1v) is 10.3. The SMILES string of the molecule is CCC1CSC2=NC(c3ccccn3)C(c3cccn3-c3cccnc3)N21. The van der Waals surface area contributed by atoms with E-state index in [0.717, 1.165) is 28.7 Å². The first-order valence-electron chi connectivity index (χ1n) is 9.34. The van der Waals surface area contributed by atoms with Gasteiger partial charge in [-0.05, 0) is 42.8 Å². The van der Waals surface area contributed by atoms with Crippen LogP contribution in [0.5, 0.6) is 0 Å². The van der Waals surface area contributed by atoms with Gasteiger partial charge < -0.3 is 9.47 Å². The number of rotatable bonds is 4. The molecule has 0 amide bonds. The lowest BCUT2D eigenvalue weighted by Crippen LogP contribution is -2.36. The van der Waals surface area contributed by atoms with Crippen LogP contribution in [-0.2, 0) is 0 Å². The molecular weight excluding hydrogens is 354 g/mol. The topological polar surface area (TPSA) is 46.3 Å². The van der Waals surface area contributed by atoms with Crippen LogP contribution in [0.25, 0.3) is 5.69 Å². The van der Waals surface area contributed by atoms with Crippen LogP contribution < -0.4 is 0 Å². The summed E-state index contributed by atoms with van der Waals surface area (Å²) >= 11 is 1.87. The summed E-state index contributed by atoms with van der Waals surface area (Å²) in [5.74, 6) is 1.11. The number of pyridine rings is 2. The molecule has 0 aromatic carbocycles. The molecule has 0 saturated carbocycles. The molecule has 6 heteroatoms. The average molecular weight is 376 g/mol. The fourth-order valence-corrected chi connectivity index (χ4v) is 5.38. The zero-order chi connectivity index (χ0) is 18.2. The average Bonchev–Trinajstić information content (AvgIpc) is 3.44. The third-order valence-corrected chi connectivity index (χ3v) is 6.46. The summed E-state index contributed by atoms with van der Waals surface area (Å²) in [5, 5.41) is 1.15. The summed E-state index contributed by atoms with van der Waals surface area (Å²) in [6, 6.07) is 15.2. The van der Waals surface area contributed by atoms with Gasteiger partial charge in [0.15, 0.2) is 5.17 Å². The number of thioether (sulfide) groups is 1. The highest BCUT2D eigenvalue weighted by molar-refractivity contribution is 8.14. The fraction of sp³-hybridized carbons (Fsp3) is 0.286. The van der Waals surface area contributed by atoms with Gasteiger partial charge in [0.2, 0.25) is 0 Å². The zero-order valence-electron chi connectivity index (χ0n) is 15.1. The standard InChI is InChI=1S/C21H21N5S/c1-2-15-14-27-21-24-19(17-8-3-4-11-23-17)20(26(15)21)18-9-6-12-25(18)16-7-5-10-22-13-16/h3-13,15,19-20H,2,14H2,1H3. The Hall–Kier alpha value is -2.60. The van der Waals surface area contributed by atoms with Crippen molar-refractivity contribution in [3.8, 4) is 5.69 Å². The fourth-order valence-electron chi connectivity index (χ4n) is 4.04. The molecule has 2 aliphatic heterocycles. The summed E-state index contributed by atoms with van der Waals surface area (Å²) in [6.45, 7) is 2.26. The second-order valence-electron chi connectivity index (χ2n) is 6.85. The minimum Gasteiger partial charge on any atom is -0.337 e. The second-order valence-corrected chi connectivity index (χ2v) is 7.84. The van der Waals surface area contributed by atoms with Gasteiger partial charge in [-0.1, -0.05) is 24.8 Å². The highest BCUT2D eigenvalue weighted by Crippen LogP contribution is 2.48. The van der Waals surface area contributed by atoms with Crippen LogP contribution in [0.2, 0.25) is 0 Å². The third kappa shape index (κ3) is 2.75. The lowest BCUT2D eigenvalue weighted by Gasteiger charge is -2.32. The van der Waals surface area contributed by atoms with E-state index in [2.05, 4.69) is 56.8 Å². The van der Waals surface area contributed by atoms with Gasteiger partial charge in [-0.15, -0.1) is 0 Å². The van der Waals surface area contributed by atoms with Crippen molar-refractivity contribution in [3.05, 3.63) is 78.6 Å². The molecule has 0 radical (unpaired) electrons. The maximum Gasteiger partial charge on any atom is 0.160 e. The first kappa shape index (κ1) is 16.6. The molecule has 3 aromatic heterocycles. The van der Waals surface area contributed by atoms with Crippen molar-refractivity contribution in [1.82, 2.24) is 19.4 Å². The zero-order valence-corrected chi connectivity index (χ0v) is 16.0. The van der Waals surface area contributed by atoms with Gasteiger partial charge in [-0.3, -0.25) is 15.0 Å². The van der Waals surface area contributed by atoms with Crippen molar-refractivity contribution in [1.29, 1.82) is 0 Å². The van der Waals surface area contributed by atoms with Gasteiger partial charge in [-0.2, -0.15) is 0 Å². The molecule has 2 aliphatic rings. The summed E-state index contributed by atoms with van der Waals surface area (Å²) < 4.78 is 2.24. The van der Waals surface area contributed by atoms with Gasteiger partial charge in [0, 0.05) is 36.1 Å². The molecule has 1 fully saturated rings. The van der Waals surface area contributed by atoms with E-state index in [1.807, 2.05) is 48.6 Å². The molecule has 1 saturated heterocycles. The van der Waals surface area contributed by atoms with Gasteiger partial charge >= 0.3 is 0 Å². The Kier molecular flexibility index (Phi) is 4.20. The Bertz CT molecular complexity index is 953. The van der Waals surface area contributed by atoms with Crippen molar-refractivity contribution in [2.75, 3.05) is 5.75 Å². The largest absolute Gasteiger partial charge is 0.337 e. The van der Waals surface area contributed by atoms with Crippen LogP contribution >= 0.6 is 11.8 Å². The molecule has 3 atom stereocenters. The minimum absolute atomic E-state index is 0.00775.